The van der Waals surface area contributed by atoms with Gasteiger partial charge < -0.3 is 0 Å². The Bertz CT molecular complexity index is 585. The molecule has 0 aliphatic heterocycles. The molecule has 0 spiro atoms. The summed E-state index contributed by atoms with van der Waals surface area (Å²) in [6, 6.07) is 8.59. The van der Waals surface area contributed by atoms with Gasteiger partial charge in [-0.15, -0.1) is 0 Å². The Morgan fingerprint density at radius 1 is 1.00 bits per heavy atom. The molecule has 4 aliphatic rings. The highest BCUT2D eigenvalue weighted by Gasteiger charge is 2.50. The minimum Gasteiger partial charge on any atom is -0.0955 e. The van der Waals surface area contributed by atoms with E-state index >= 15 is 0 Å². The lowest BCUT2D eigenvalue weighted by atomic mass is 9.50. The summed E-state index contributed by atoms with van der Waals surface area (Å²) in [5, 5.41) is 0. The average molecular weight is 276 g/mol. The zero-order chi connectivity index (χ0) is 14.4. The van der Waals surface area contributed by atoms with Crippen molar-refractivity contribution < 1.29 is 0 Å². The van der Waals surface area contributed by atoms with Crippen molar-refractivity contribution in [3.8, 4) is 11.8 Å². The molecule has 5 rings (SSSR count). The van der Waals surface area contributed by atoms with Gasteiger partial charge in [0.25, 0.3) is 0 Å². The van der Waals surface area contributed by atoms with Crippen molar-refractivity contribution in [2.75, 3.05) is 0 Å². The zero-order valence-electron chi connectivity index (χ0n) is 13.0. The predicted octanol–water partition coefficient (Wildman–Crippen LogP) is 5.29. The van der Waals surface area contributed by atoms with Gasteiger partial charge in [0.1, 0.15) is 0 Å². The highest BCUT2D eigenvalue weighted by molar-refractivity contribution is 5.62. The second-order valence-corrected chi connectivity index (χ2v) is 7.81. The quantitative estimate of drug-likeness (QED) is 0.612. The first-order valence-electron chi connectivity index (χ1n) is 8.41. The monoisotopic (exact) mass is 276 g/mol. The number of allylic oxidation sites excluding steroid dienone is 1. The largest absolute Gasteiger partial charge is 0.0955 e. The molecule has 4 saturated carbocycles. The first kappa shape index (κ1) is 13.2. The van der Waals surface area contributed by atoms with E-state index in [9.17, 15) is 0 Å². The molecule has 1 aromatic carbocycles. The van der Waals surface area contributed by atoms with Crippen LogP contribution in [-0.4, -0.2) is 0 Å². The maximum Gasteiger partial charge on any atom is 0.0326 e. The molecule has 0 atom stereocenters. The van der Waals surface area contributed by atoms with Crippen molar-refractivity contribution in [2.24, 2.45) is 23.2 Å². The Hall–Kier alpha value is -1.48. The lowest BCUT2D eigenvalue weighted by Gasteiger charge is -2.54. The lowest BCUT2D eigenvalue weighted by molar-refractivity contribution is -0.0181. The lowest BCUT2D eigenvalue weighted by Crippen LogP contribution is -2.45. The van der Waals surface area contributed by atoms with Gasteiger partial charge in [-0.25, -0.2) is 0 Å². The first-order chi connectivity index (χ1) is 10.1. The summed E-state index contributed by atoms with van der Waals surface area (Å²) in [7, 11) is 0. The van der Waals surface area contributed by atoms with E-state index in [4.69, 9.17) is 0 Å². The van der Waals surface area contributed by atoms with Crippen molar-refractivity contribution in [1.82, 2.24) is 0 Å². The van der Waals surface area contributed by atoms with Crippen LogP contribution in [0, 0.1) is 35.0 Å². The normalized spacial score (nSPS) is 36.1. The smallest absolute Gasteiger partial charge is 0.0326 e. The Morgan fingerprint density at radius 2 is 1.52 bits per heavy atom. The summed E-state index contributed by atoms with van der Waals surface area (Å²) in [5.41, 5.74) is 3.86. The highest BCUT2D eigenvalue weighted by Crippen LogP contribution is 2.59. The predicted molar refractivity (Wildman–Crippen MR) is 88.6 cm³/mol. The van der Waals surface area contributed by atoms with E-state index in [-0.39, 0.29) is 0 Å². The van der Waals surface area contributed by atoms with Gasteiger partial charge in [0.15, 0.2) is 0 Å². The van der Waals surface area contributed by atoms with E-state index < -0.39 is 0 Å². The van der Waals surface area contributed by atoms with Gasteiger partial charge in [-0.05, 0) is 80.9 Å². The zero-order valence-corrected chi connectivity index (χ0v) is 13.0. The van der Waals surface area contributed by atoms with Gasteiger partial charge in [0, 0.05) is 11.0 Å². The third-order valence-corrected chi connectivity index (χ3v) is 5.89. The molecule has 0 heteroatoms. The van der Waals surface area contributed by atoms with Crippen LogP contribution in [0.1, 0.15) is 56.6 Å². The van der Waals surface area contributed by atoms with E-state index in [2.05, 4.69) is 49.6 Å². The minimum atomic E-state index is 0.363. The van der Waals surface area contributed by atoms with Crippen LogP contribution < -0.4 is 0 Å². The van der Waals surface area contributed by atoms with Gasteiger partial charge >= 0.3 is 0 Å². The van der Waals surface area contributed by atoms with Crippen molar-refractivity contribution in [1.29, 1.82) is 0 Å². The fraction of sp³-hybridized carbons (Fsp3) is 0.524. The van der Waals surface area contributed by atoms with E-state index in [1.54, 1.807) is 0 Å². The third-order valence-electron chi connectivity index (χ3n) is 5.89. The maximum atomic E-state index is 3.99. The van der Waals surface area contributed by atoms with Gasteiger partial charge in [0.2, 0.25) is 0 Å². The summed E-state index contributed by atoms with van der Waals surface area (Å²) < 4.78 is 0. The molecule has 0 N–H and O–H groups in total. The molecule has 4 fully saturated rings. The van der Waals surface area contributed by atoms with Gasteiger partial charge in [0.05, 0.1) is 0 Å². The second kappa shape index (κ2) is 4.77. The van der Waals surface area contributed by atoms with E-state index in [1.807, 2.05) is 0 Å². The number of hydrogen-bond acceptors (Lipinski definition) is 0. The molecule has 4 aliphatic carbocycles. The number of hydrogen-bond donors (Lipinski definition) is 0. The van der Waals surface area contributed by atoms with Crippen LogP contribution in [0.25, 0.3) is 5.57 Å². The van der Waals surface area contributed by atoms with Crippen molar-refractivity contribution in [2.45, 2.75) is 45.4 Å². The molecule has 21 heavy (non-hydrogen) atoms. The standard InChI is InChI=1S/C21H24/c1-15(2)20-5-3-16(4-6-20)7-8-21-12-17-9-18(13-21)11-19(10-17)14-21/h3-6,17-19H,1,9-14H2,2H3. The summed E-state index contributed by atoms with van der Waals surface area (Å²) in [6.07, 6.45) is 8.60. The Kier molecular flexibility index (Phi) is 3.00. The minimum absolute atomic E-state index is 0.363. The molecule has 0 heterocycles. The molecule has 0 amide bonds. The SMILES string of the molecule is C=C(C)c1ccc(C#CC23CC4CC(CC(C4)C2)C3)cc1. The molecule has 0 aromatic heterocycles. The van der Waals surface area contributed by atoms with Crippen molar-refractivity contribution in [3.05, 3.63) is 42.0 Å². The Balaban J connectivity index is 1.57. The van der Waals surface area contributed by atoms with Gasteiger partial charge in [-0.2, -0.15) is 0 Å². The van der Waals surface area contributed by atoms with E-state index in [1.165, 1.54) is 44.1 Å². The topological polar surface area (TPSA) is 0 Å². The van der Waals surface area contributed by atoms with Crippen LogP contribution in [0.5, 0.6) is 0 Å². The summed E-state index contributed by atoms with van der Waals surface area (Å²) in [5.74, 6) is 10.2. The van der Waals surface area contributed by atoms with Crippen LogP contribution in [0.2, 0.25) is 0 Å². The Morgan fingerprint density at radius 3 is 2.00 bits per heavy atom. The molecule has 108 valence electrons. The van der Waals surface area contributed by atoms with Crippen LogP contribution in [0.15, 0.2) is 30.8 Å². The Labute approximate surface area is 128 Å². The molecular weight excluding hydrogens is 252 g/mol. The average Bonchev–Trinajstić information content (AvgIpc) is 2.44. The first-order valence-corrected chi connectivity index (χ1v) is 8.41. The van der Waals surface area contributed by atoms with Crippen LogP contribution in [-0.2, 0) is 0 Å². The molecule has 0 saturated heterocycles. The summed E-state index contributed by atoms with van der Waals surface area (Å²) in [4.78, 5) is 0. The third kappa shape index (κ3) is 2.44. The summed E-state index contributed by atoms with van der Waals surface area (Å²) >= 11 is 0. The van der Waals surface area contributed by atoms with E-state index in [0.717, 1.165) is 28.9 Å². The fourth-order valence-corrected chi connectivity index (χ4v) is 5.31. The van der Waals surface area contributed by atoms with Crippen molar-refractivity contribution in [3.63, 3.8) is 0 Å². The molecule has 0 unspecified atom stereocenters. The molecule has 4 bridgehead atoms. The molecular formula is C21H24. The van der Waals surface area contributed by atoms with Gasteiger partial charge in [-0.1, -0.05) is 36.1 Å². The molecule has 0 nitrogen and oxygen atoms in total. The van der Waals surface area contributed by atoms with E-state index in [0.29, 0.717) is 5.41 Å². The fourth-order valence-electron chi connectivity index (χ4n) is 5.31. The number of benzene rings is 1. The number of rotatable bonds is 1. The molecule has 1 aromatic rings. The second-order valence-electron chi connectivity index (χ2n) is 7.81. The van der Waals surface area contributed by atoms with Gasteiger partial charge in [-0.3, -0.25) is 0 Å². The van der Waals surface area contributed by atoms with Crippen LogP contribution in [0.4, 0.5) is 0 Å². The summed E-state index contributed by atoms with van der Waals surface area (Å²) in [6.45, 7) is 6.04. The van der Waals surface area contributed by atoms with Crippen LogP contribution in [0.3, 0.4) is 0 Å². The molecule has 0 radical (unpaired) electrons. The maximum absolute atomic E-state index is 3.99. The van der Waals surface area contributed by atoms with Crippen molar-refractivity contribution >= 4 is 5.57 Å². The highest BCUT2D eigenvalue weighted by atomic mass is 14.5. The van der Waals surface area contributed by atoms with Crippen LogP contribution >= 0.6 is 0 Å².